The molecule has 0 aromatic carbocycles. The quantitative estimate of drug-likeness (QED) is 0.465. The Labute approximate surface area is 185 Å². The number of aromatic amines is 1. The van der Waals surface area contributed by atoms with Gasteiger partial charge in [-0.2, -0.15) is 0 Å². The smallest absolute Gasteiger partial charge is 0.123 e. The number of aromatic nitrogens is 2. The number of rotatable bonds is 5. The monoisotopic (exact) mass is 437 g/mol. The van der Waals surface area contributed by atoms with Crippen LogP contribution in [0, 0.1) is 0 Å². The van der Waals surface area contributed by atoms with Crippen LogP contribution in [0.3, 0.4) is 0 Å². The first kappa shape index (κ1) is 18.8. The molecule has 5 nitrogen and oxygen atoms in total. The maximum atomic E-state index is 4.62. The molecule has 2 fully saturated rings. The molecule has 3 aromatic rings. The van der Waals surface area contributed by atoms with E-state index >= 15 is 0 Å². The molecule has 0 amide bonds. The highest BCUT2D eigenvalue weighted by atomic mass is 32.1. The van der Waals surface area contributed by atoms with Gasteiger partial charge in [-0.15, -0.1) is 22.7 Å². The fraction of sp³-hybridized carbons (Fsp3) is 0.435. The Hall–Kier alpha value is -1.93. The summed E-state index contributed by atoms with van der Waals surface area (Å²) in [5.74, 6) is 1.07. The van der Waals surface area contributed by atoms with Gasteiger partial charge in [0.05, 0.1) is 27.7 Å². The summed E-state index contributed by atoms with van der Waals surface area (Å²) in [6, 6.07) is 10.5. The lowest BCUT2D eigenvalue weighted by molar-refractivity contribution is 0.462. The Morgan fingerprint density at radius 3 is 2.40 bits per heavy atom. The molecule has 156 valence electrons. The number of H-pyrrole nitrogens is 1. The van der Waals surface area contributed by atoms with Crippen LogP contribution in [-0.2, 0) is 0 Å². The second-order valence-electron chi connectivity index (χ2n) is 8.47. The van der Waals surface area contributed by atoms with Crippen LogP contribution in [-0.4, -0.2) is 35.1 Å². The Balaban J connectivity index is 1.16. The summed E-state index contributed by atoms with van der Waals surface area (Å²) in [5.41, 5.74) is 2.43. The van der Waals surface area contributed by atoms with E-state index in [-0.39, 0.29) is 0 Å². The molecule has 7 heteroatoms. The van der Waals surface area contributed by atoms with Crippen molar-refractivity contribution >= 4 is 28.4 Å². The zero-order chi connectivity index (χ0) is 19.9. The van der Waals surface area contributed by atoms with Crippen LogP contribution < -0.4 is 16.0 Å². The van der Waals surface area contributed by atoms with E-state index in [0.29, 0.717) is 18.1 Å². The minimum absolute atomic E-state index is 0.383. The van der Waals surface area contributed by atoms with Gasteiger partial charge in [-0.3, -0.25) is 0 Å². The summed E-state index contributed by atoms with van der Waals surface area (Å²) in [4.78, 5) is 13.4. The second-order valence-corrected chi connectivity index (χ2v) is 10.6. The summed E-state index contributed by atoms with van der Waals surface area (Å²) in [7, 11) is 0. The number of hydrogen-bond donors (Lipinski definition) is 4. The van der Waals surface area contributed by atoms with Gasteiger partial charge in [0.25, 0.3) is 0 Å². The van der Waals surface area contributed by atoms with Crippen LogP contribution >= 0.6 is 22.7 Å². The van der Waals surface area contributed by atoms with Crippen LogP contribution in [0.2, 0.25) is 0 Å². The van der Waals surface area contributed by atoms with Crippen molar-refractivity contribution in [3.63, 3.8) is 0 Å². The number of hydrogen-bond acceptors (Lipinski definition) is 6. The average Bonchev–Trinajstić information content (AvgIpc) is 3.62. The minimum atomic E-state index is 0.383. The van der Waals surface area contributed by atoms with E-state index in [1.54, 1.807) is 0 Å². The zero-order valence-electron chi connectivity index (χ0n) is 16.9. The minimum Gasteiger partial charge on any atom is -0.380 e. The van der Waals surface area contributed by atoms with Crippen molar-refractivity contribution < 1.29 is 0 Å². The maximum Gasteiger partial charge on any atom is 0.123 e. The molecule has 0 aliphatic carbocycles. The van der Waals surface area contributed by atoms with Crippen molar-refractivity contribution in [2.45, 2.75) is 50.2 Å². The number of nitrogens with one attached hydrogen (secondary N) is 4. The molecule has 6 heterocycles. The first-order valence-electron chi connectivity index (χ1n) is 11.0. The summed E-state index contributed by atoms with van der Waals surface area (Å²) >= 11 is 3.73. The van der Waals surface area contributed by atoms with Crippen LogP contribution in [0.15, 0.2) is 36.5 Å². The molecule has 6 rings (SSSR count). The van der Waals surface area contributed by atoms with Gasteiger partial charge in [0.15, 0.2) is 0 Å². The Morgan fingerprint density at radius 2 is 1.60 bits per heavy atom. The van der Waals surface area contributed by atoms with Gasteiger partial charge in [0.2, 0.25) is 0 Å². The molecule has 4 N–H and O–H groups in total. The lowest BCUT2D eigenvalue weighted by atomic mass is 10.1. The Kier molecular flexibility index (Phi) is 4.99. The number of imidazole rings is 1. The van der Waals surface area contributed by atoms with Crippen LogP contribution in [0.1, 0.15) is 48.8 Å². The van der Waals surface area contributed by atoms with Crippen LogP contribution in [0.4, 0.5) is 0 Å². The SMILES string of the molecule is C1=C(c2ccc(-c3ccc(-c4cnc([C@@H]5CCCN5)[nH]4)s3)s2)NC([C@@H]2CCCN2)C1. The Bertz CT molecular complexity index is 1050. The van der Waals surface area contributed by atoms with Crippen molar-refractivity contribution in [2.75, 3.05) is 13.1 Å². The molecule has 3 aliphatic rings. The van der Waals surface area contributed by atoms with Gasteiger partial charge in [-0.05, 0) is 69.5 Å². The van der Waals surface area contributed by atoms with Gasteiger partial charge in [0, 0.05) is 27.5 Å². The van der Waals surface area contributed by atoms with E-state index < -0.39 is 0 Å². The molecule has 2 saturated heterocycles. The molecular weight excluding hydrogens is 410 g/mol. The average molecular weight is 438 g/mol. The van der Waals surface area contributed by atoms with Crippen molar-refractivity contribution in [2.24, 2.45) is 0 Å². The maximum absolute atomic E-state index is 4.62. The standard InChI is InChI=1S/C23H27N5S2/c1-3-14(24-11-1)15-5-6-16(27-15)19-7-9-21(29-19)22-10-8-20(30-22)18-13-26-23(28-18)17-4-2-12-25-17/h6-10,13-15,17,24-25,27H,1-5,11-12H2,(H,26,28)/t14-,15?,17-/m0/s1. The van der Waals surface area contributed by atoms with E-state index in [2.05, 4.69) is 56.3 Å². The molecule has 1 unspecified atom stereocenters. The van der Waals surface area contributed by atoms with Crippen LogP contribution in [0.5, 0.6) is 0 Å². The largest absolute Gasteiger partial charge is 0.380 e. The highest BCUT2D eigenvalue weighted by Gasteiger charge is 2.28. The fourth-order valence-electron chi connectivity index (χ4n) is 4.84. The third-order valence-corrected chi connectivity index (χ3v) is 8.91. The molecule has 30 heavy (non-hydrogen) atoms. The topological polar surface area (TPSA) is 64.8 Å². The third kappa shape index (κ3) is 3.54. The van der Waals surface area contributed by atoms with Gasteiger partial charge in [-0.25, -0.2) is 4.98 Å². The Morgan fingerprint density at radius 1 is 0.833 bits per heavy atom. The normalized spacial score (nSPS) is 26.3. The molecule has 0 radical (unpaired) electrons. The summed E-state index contributed by atoms with van der Waals surface area (Å²) < 4.78 is 0. The summed E-state index contributed by atoms with van der Waals surface area (Å²) in [6.07, 6.45) is 10.5. The predicted octanol–water partition coefficient (Wildman–Crippen LogP) is 4.75. The predicted molar refractivity (Wildman–Crippen MR) is 126 cm³/mol. The number of thiophene rings is 2. The first-order valence-corrected chi connectivity index (χ1v) is 12.7. The lowest BCUT2D eigenvalue weighted by Gasteiger charge is -2.20. The van der Waals surface area contributed by atoms with E-state index in [0.717, 1.165) is 31.0 Å². The van der Waals surface area contributed by atoms with Crippen molar-refractivity contribution in [3.8, 4) is 20.3 Å². The molecule has 0 bridgehead atoms. The highest BCUT2D eigenvalue weighted by Crippen LogP contribution is 2.39. The molecule has 3 atom stereocenters. The zero-order valence-corrected chi connectivity index (χ0v) is 18.5. The van der Waals surface area contributed by atoms with E-state index in [4.69, 9.17) is 0 Å². The lowest BCUT2D eigenvalue weighted by Crippen LogP contribution is -2.41. The summed E-state index contributed by atoms with van der Waals surface area (Å²) in [5, 5.41) is 10.9. The molecule has 3 aromatic heterocycles. The van der Waals surface area contributed by atoms with Gasteiger partial charge >= 0.3 is 0 Å². The molecule has 3 aliphatic heterocycles. The third-order valence-electron chi connectivity index (χ3n) is 6.47. The van der Waals surface area contributed by atoms with Gasteiger partial charge in [-0.1, -0.05) is 6.08 Å². The number of nitrogens with zero attached hydrogens (tertiary/aromatic N) is 1. The fourth-order valence-corrected chi connectivity index (χ4v) is 6.91. The van der Waals surface area contributed by atoms with Crippen LogP contribution in [0.25, 0.3) is 26.0 Å². The van der Waals surface area contributed by atoms with Crippen molar-refractivity contribution in [3.05, 3.63) is 47.2 Å². The van der Waals surface area contributed by atoms with Crippen molar-refractivity contribution in [1.29, 1.82) is 0 Å². The molecule has 0 spiro atoms. The van der Waals surface area contributed by atoms with Crippen molar-refractivity contribution in [1.82, 2.24) is 25.9 Å². The molecular formula is C23H27N5S2. The second kappa shape index (κ2) is 7.96. The van der Waals surface area contributed by atoms with E-state index in [1.807, 2.05) is 28.9 Å². The first-order chi connectivity index (χ1) is 14.8. The summed E-state index contributed by atoms with van der Waals surface area (Å²) in [6.45, 7) is 2.25. The van der Waals surface area contributed by atoms with E-state index in [1.165, 1.54) is 50.9 Å². The van der Waals surface area contributed by atoms with Gasteiger partial charge < -0.3 is 20.9 Å². The van der Waals surface area contributed by atoms with Gasteiger partial charge in [0.1, 0.15) is 5.82 Å². The van der Waals surface area contributed by atoms with E-state index in [9.17, 15) is 0 Å². The highest BCUT2D eigenvalue weighted by molar-refractivity contribution is 7.24. The molecule has 0 saturated carbocycles.